The lowest BCUT2D eigenvalue weighted by Gasteiger charge is -2.33. The number of nitrogens with zero attached hydrogens (tertiary/aromatic N) is 2. The van der Waals surface area contributed by atoms with Crippen LogP contribution in [0.4, 0.5) is 5.69 Å². The highest BCUT2D eigenvalue weighted by Gasteiger charge is 2.30. The minimum atomic E-state index is -0.479. The van der Waals surface area contributed by atoms with Crippen molar-refractivity contribution >= 4 is 27.5 Å². The van der Waals surface area contributed by atoms with Gasteiger partial charge in [0.2, 0.25) is 0 Å². The van der Waals surface area contributed by atoms with Crippen LogP contribution in [0.5, 0.6) is 0 Å². The normalized spacial score (nSPS) is 17.6. The van der Waals surface area contributed by atoms with Crippen LogP contribution in [0.2, 0.25) is 0 Å². The zero-order valence-electron chi connectivity index (χ0n) is 12.2. The number of carbonyl (C=O) groups excluding carboxylic acids is 1. The van der Waals surface area contributed by atoms with Gasteiger partial charge >= 0.3 is 0 Å². The van der Waals surface area contributed by atoms with Crippen LogP contribution in [0, 0.1) is 23.0 Å². The molecule has 1 aromatic carbocycles. The van der Waals surface area contributed by atoms with Crippen molar-refractivity contribution in [3.05, 3.63) is 39.4 Å². The van der Waals surface area contributed by atoms with Crippen LogP contribution in [-0.2, 0) is 0 Å². The van der Waals surface area contributed by atoms with Crippen LogP contribution < -0.4 is 0 Å². The molecule has 1 atom stereocenters. The Kier molecular flexibility index (Phi) is 4.98. The SMILES string of the molecule is Cc1cccc([N+](=O)[O-])c1C(=O)N1CCC(C(C)Br)CC1. The van der Waals surface area contributed by atoms with Gasteiger partial charge in [-0.2, -0.15) is 0 Å². The van der Waals surface area contributed by atoms with Crippen molar-refractivity contribution < 1.29 is 9.72 Å². The van der Waals surface area contributed by atoms with Crippen molar-refractivity contribution in [1.82, 2.24) is 4.90 Å². The number of benzene rings is 1. The predicted octanol–water partition coefficient (Wildman–Crippen LogP) is 3.54. The zero-order chi connectivity index (χ0) is 15.6. The minimum Gasteiger partial charge on any atom is -0.338 e. The van der Waals surface area contributed by atoms with Gasteiger partial charge in [-0.1, -0.05) is 35.0 Å². The summed E-state index contributed by atoms with van der Waals surface area (Å²) in [6.07, 6.45) is 1.86. The maximum atomic E-state index is 12.6. The molecule has 0 saturated carbocycles. The highest BCUT2D eigenvalue weighted by molar-refractivity contribution is 9.09. The van der Waals surface area contributed by atoms with E-state index < -0.39 is 4.92 Å². The summed E-state index contributed by atoms with van der Waals surface area (Å²) in [4.78, 5) is 25.5. The monoisotopic (exact) mass is 354 g/mol. The summed E-state index contributed by atoms with van der Waals surface area (Å²) < 4.78 is 0. The van der Waals surface area contributed by atoms with E-state index in [4.69, 9.17) is 0 Å². The second-order valence-corrected chi connectivity index (χ2v) is 6.98. The zero-order valence-corrected chi connectivity index (χ0v) is 13.8. The first-order valence-corrected chi connectivity index (χ1v) is 8.00. The molecule has 0 aromatic heterocycles. The van der Waals surface area contributed by atoms with Gasteiger partial charge in [-0.05, 0) is 31.2 Å². The molecule has 0 spiro atoms. The molecule has 6 heteroatoms. The summed E-state index contributed by atoms with van der Waals surface area (Å²) in [6, 6.07) is 4.75. The Hall–Kier alpha value is -1.43. The first-order valence-electron chi connectivity index (χ1n) is 7.09. The summed E-state index contributed by atoms with van der Waals surface area (Å²) >= 11 is 3.59. The van der Waals surface area contributed by atoms with Gasteiger partial charge in [0.25, 0.3) is 11.6 Å². The van der Waals surface area contributed by atoms with Crippen molar-refractivity contribution in [2.45, 2.75) is 31.5 Å². The predicted molar refractivity (Wildman–Crippen MR) is 84.8 cm³/mol. The number of halogens is 1. The van der Waals surface area contributed by atoms with E-state index in [1.165, 1.54) is 6.07 Å². The smallest absolute Gasteiger partial charge is 0.282 e. The van der Waals surface area contributed by atoms with Crippen LogP contribution in [0.25, 0.3) is 0 Å². The largest absolute Gasteiger partial charge is 0.338 e. The van der Waals surface area contributed by atoms with Crippen molar-refractivity contribution in [2.75, 3.05) is 13.1 Å². The van der Waals surface area contributed by atoms with Gasteiger partial charge in [-0.3, -0.25) is 14.9 Å². The second kappa shape index (κ2) is 6.56. The molecule has 0 bridgehead atoms. The molecule has 0 aliphatic carbocycles. The Morgan fingerprint density at radius 2 is 2.05 bits per heavy atom. The Bertz CT molecular complexity index is 552. The third-order valence-corrected chi connectivity index (χ3v) is 4.89. The van der Waals surface area contributed by atoms with E-state index in [1.807, 2.05) is 0 Å². The van der Waals surface area contributed by atoms with Crippen LogP contribution in [0.3, 0.4) is 0 Å². The Labute approximate surface area is 132 Å². The lowest BCUT2D eigenvalue weighted by Crippen LogP contribution is -2.40. The molecular weight excluding hydrogens is 336 g/mol. The molecule has 1 saturated heterocycles. The lowest BCUT2D eigenvalue weighted by molar-refractivity contribution is -0.385. The topological polar surface area (TPSA) is 63.5 Å². The fraction of sp³-hybridized carbons (Fsp3) is 0.533. The van der Waals surface area contributed by atoms with E-state index in [-0.39, 0.29) is 17.2 Å². The number of nitro groups is 1. The van der Waals surface area contributed by atoms with Gasteiger partial charge in [0.15, 0.2) is 0 Å². The number of likely N-dealkylation sites (tertiary alicyclic amines) is 1. The van der Waals surface area contributed by atoms with Crippen LogP contribution in [0.1, 0.15) is 35.7 Å². The van der Waals surface area contributed by atoms with E-state index in [0.717, 1.165) is 12.8 Å². The number of hydrogen-bond acceptors (Lipinski definition) is 3. The summed E-state index contributed by atoms with van der Waals surface area (Å²) in [5.41, 5.74) is 0.786. The summed E-state index contributed by atoms with van der Waals surface area (Å²) in [5, 5.41) is 11.1. The van der Waals surface area contributed by atoms with Gasteiger partial charge in [0, 0.05) is 24.0 Å². The molecule has 1 aromatic rings. The molecule has 114 valence electrons. The lowest BCUT2D eigenvalue weighted by atomic mass is 9.93. The number of hydrogen-bond donors (Lipinski definition) is 0. The number of rotatable bonds is 3. The number of amides is 1. The first kappa shape index (κ1) is 15.9. The molecule has 5 nitrogen and oxygen atoms in total. The van der Waals surface area contributed by atoms with Crippen LogP contribution in [0.15, 0.2) is 18.2 Å². The van der Waals surface area contributed by atoms with Gasteiger partial charge in [0.1, 0.15) is 5.56 Å². The molecule has 1 unspecified atom stereocenters. The van der Waals surface area contributed by atoms with Crippen LogP contribution in [-0.4, -0.2) is 33.6 Å². The fourth-order valence-corrected chi connectivity index (χ4v) is 3.33. The summed E-state index contributed by atoms with van der Waals surface area (Å²) in [6.45, 7) is 5.18. The van der Waals surface area contributed by atoms with Gasteiger partial charge in [-0.25, -0.2) is 0 Å². The molecule has 21 heavy (non-hydrogen) atoms. The Balaban J connectivity index is 2.20. The molecule has 0 N–H and O–H groups in total. The maximum absolute atomic E-state index is 12.6. The molecule has 1 fully saturated rings. The molecule has 1 amide bonds. The molecular formula is C15H19BrN2O3. The van der Waals surface area contributed by atoms with Crippen molar-refractivity contribution in [3.63, 3.8) is 0 Å². The number of aryl methyl sites for hydroxylation is 1. The third kappa shape index (κ3) is 3.43. The quantitative estimate of drug-likeness (QED) is 0.473. The van der Waals surface area contributed by atoms with E-state index in [0.29, 0.717) is 29.4 Å². The van der Waals surface area contributed by atoms with Crippen molar-refractivity contribution in [3.8, 4) is 0 Å². The van der Waals surface area contributed by atoms with Gasteiger partial charge in [-0.15, -0.1) is 0 Å². The standard InChI is InChI=1S/C15H19BrN2O3/c1-10-4-3-5-13(18(20)21)14(10)15(19)17-8-6-12(7-9-17)11(2)16/h3-5,11-12H,6-9H2,1-2H3. The van der Waals surface area contributed by atoms with Crippen LogP contribution >= 0.6 is 15.9 Å². The van der Waals surface area contributed by atoms with E-state index in [9.17, 15) is 14.9 Å². The third-order valence-electron chi connectivity index (χ3n) is 4.14. The average molecular weight is 355 g/mol. The van der Waals surface area contributed by atoms with E-state index in [1.54, 1.807) is 24.0 Å². The fourth-order valence-electron chi connectivity index (χ4n) is 2.80. The first-order chi connectivity index (χ1) is 9.91. The highest BCUT2D eigenvalue weighted by Crippen LogP contribution is 2.28. The number of nitro benzene ring substituents is 1. The number of alkyl halides is 1. The summed E-state index contributed by atoms with van der Waals surface area (Å²) in [7, 11) is 0. The van der Waals surface area contributed by atoms with Crippen molar-refractivity contribution in [2.24, 2.45) is 5.92 Å². The molecule has 1 aliphatic rings. The Morgan fingerprint density at radius 3 is 2.57 bits per heavy atom. The number of carbonyl (C=O) groups is 1. The molecule has 0 radical (unpaired) electrons. The average Bonchev–Trinajstić information content (AvgIpc) is 2.46. The van der Waals surface area contributed by atoms with Gasteiger partial charge < -0.3 is 4.90 Å². The Morgan fingerprint density at radius 1 is 1.43 bits per heavy atom. The highest BCUT2D eigenvalue weighted by atomic mass is 79.9. The summed E-state index contributed by atoms with van der Waals surface area (Å²) in [5.74, 6) is 0.335. The molecule has 1 heterocycles. The molecule has 2 rings (SSSR count). The maximum Gasteiger partial charge on any atom is 0.282 e. The molecule has 1 aliphatic heterocycles. The van der Waals surface area contributed by atoms with E-state index in [2.05, 4.69) is 22.9 Å². The van der Waals surface area contributed by atoms with E-state index >= 15 is 0 Å². The van der Waals surface area contributed by atoms with Crippen molar-refractivity contribution in [1.29, 1.82) is 0 Å². The van der Waals surface area contributed by atoms with Gasteiger partial charge in [0.05, 0.1) is 4.92 Å². The number of piperidine rings is 1. The second-order valence-electron chi connectivity index (χ2n) is 5.53. The minimum absolute atomic E-state index is 0.101.